The summed E-state index contributed by atoms with van der Waals surface area (Å²) in [6.07, 6.45) is 4.64. The van der Waals surface area contributed by atoms with Crippen molar-refractivity contribution in [3.63, 3.8) is 0 Å². The van der Waals surface area contributed by atoms with E-state index >= 15 is 0 Å². The maximum Gasteiger partial charge on any atom is 0.410 e. The van der Waals surface area contributed by atoms with Gasteiger partial charge in [0.25, 0.3) is 5.91 Å². The Labute approximate surface area is 151 Å². The van der Waals surface area contributed by atoms with Crippen LogP contribution >= 0.6 is 15.9 Å². The fraction of sp³-hybridized carbons (Fsp3) is 0.588. The van der Waals surface area contributed by atoms with Crippen LogP contribution in [-0.2, 0) is 4.74 Å². The van der Waals surface area contributed by atoms with Crippen LogP contribution in [0.3, 0.4) is 0 Å². The molecule has 0 aliphatic carbocycles. The van der Waals surface area contributed by atoms with Crippen molar-refractivity contribution in [3.05, 3.63) is 28.5 Å². The molecule has 1 saturated heterocycles. The molecule has 132 valence electrons. The van der Waals surface area contributed by atoms with Gasteiger partial charge in [-0.25, -0.2) is 4.79 Å². The van der Waals surface area contributed by atoms with Crippen LogP contribution in [0.15, 0.2) is 22.9 Å². The average Bonchev–Trinajstić information content (AvgIpc) is 2.51. The second-order valence-corrected chi connectivity index (χ2v) is 7.93. The number of ether oxygens (including phenoxy) is 1. The number of rotatable bonds is 3. The van der Waals surface area contributed by atoms with Crippen molar-refractivity contribution in [2.24, 2.45) is 5.92 Å². The van der Waals surface area contributed by atoms with E-state index in [-0.39, 0.29) is 12.0 Å². The van der Waals surface area contributed by atoms with E-state index in [1.807, 2.05) is 20.8 Å². The normalized spacial score (nSPS) is 15.9. The van der Waals surface area contributed by atoms with E-state index in [2.05, 4.69) is 26.2 Å². The lowest BCUT2D eigenvalue weighted by molar-refractivity contribution is 0.0183. The molecule has 0 aromatic carbocycles. The SMILES string of the molecule is CC(C)(C)OC(=O)N1CCC(CNC(=O)c2cncc(Br)c2)CC1. The third-order valence-corrected chi connectivity index (χ3v) is 4.22. The number of carbonyl (C=O) groups excluding carboxylic acids is 2. The van der Waals surface area contributed by atoms with Gasteiger partial charge in [-0.2, -0.15) is 0 Å². The van der Waals surface area contributed by atoms with Gasteiger partial charge in [0.2, 0.25) is 0 Å². The Kier molecular flexibility index (Phi) is 6.21. The topological polar surface area (TPSA) is 71.5 Å². The fourth-order valence-electron chi connectivity index (χ4n) is 2.52. The Morgan fingerprint density at radius 3 is 2.58 bits per heavy atom. The van der Waals surface area contributed by atoms with Crippen molar-refractivity contribution < 1.29 is 14.3 Å². The first-order chi connectivity index (χ1) is 11.2. The predicted molar refractivity (Wildman–Crippen MR) is 94.8 cm³/mol. The number of piperidine rings is 1. The highest BCUT2D eigenvalue weighted by atomic mass is 79.9. The Morgan fingerprint density at radius 2 is 2.00 bits per heavy atom. The number of likely N-dealkylation sites (tertiary alicyclic amines) is 1. The van der Waals surface area contributed by atoms with Crippen molar-refractivity contribution in [3.8, 4) is 0 Å². The number of nitrogens with one attached hydrogen (secondary N) is 1. The van der Waals surface area contributed by atoms with Crippen LogP contribution < -0.4 is 5.32 Å². The van der Waals surface area contributed by atoms with Gasteiger partial charge in [0.05, 0.1) is 5.56 Å². The standard InChI is InChI=1S/C17H24BrN3O3/c1-17(2,3)24-16(23)21-6-4-12(5-7-21)9-20-15(22)13-8-14(18)11-19-10-13/h8,10-12H,4-7,9H2,1-3H3,(H,20,22). The van der Waals surface area contributed by atoms with Crippen LogP contribution in [-0.4, -0.2) is 47.1 Å². The van der Waals surface area contributed by atoms with E-state index in [0.717, 1.165) is 17.3 Å². The molecule has 0 unspecified atom stereocenters. The molecule has 2 rings (SSSR count). The Hall–Kier alpha value is -1.63. The Bertz CT molecular complexity index is 593. The lowest BCUT2D eigenvalue weighted by atomic mass is 9.97. The van der Waals surface area contributed by atoms with E-state index in [1.54, 1.807) is 23.4 Å². The lowest BCUT2D eigenvalue weighted by Gasteiger charge is -2.33. The molecule has 1 N–H and O–H groups in total. The minimum atomic E-state index is -0.472. The van der Waals surface area contributed by atoms with Gasteiger partial charge < -0.3 is 15.0 Å². The summed E-state index contributed by atoms with van der Waals surface area (Å²) in [4.78, 5) is 29.9. The average molecular weight is 398 g/mol. The van der Waals surface area contributed by atoms with Crippen LogP contribution in [0.4, 0.5) is 4.79 Å². The third kappa shape index (κ3) is 5.78. The quantitative estimate of drug-likeness (QED) is 0.849. The maximum atomic E-state index is 12.1. The Balaban J connectivity index is 1.75. The first-order valence-corrected chi connectivity index (χ1v) is 8.90. The fourth-order valence-corrected chi connectivity index (χ4v) is 2.89. The molecule has 7 heteroatoms. The highest BCUT2D eigenvalue weighted by Crippen LogP contribution is 2.19. The second kappa shape index (κ2) is 7.96. The van der Waals surface area contributed by atoms with E-state index in [0.29, 0.717) is 31.1 Å². The highest BCUT2D eigenvalue weighted by molar-refractivity contribution is 9.10. The van der Waals surface area contributed by atoms with Gasteiger partial charge in [-0.1, -0.05) is 0 Å². The number of hydrogen-bond donors (Lipinski definition) is 1. The smallest absolute Gasteiger partial charge is 0.410 e. The van der Waals surface area contributed by atoms with Crippen molar-refractivity contribution in [1.29, 1.82) is 0 Å². The van der Waals surface area contributed by atoms with Crippen LogP contribution in [0.5, 0.6) is 0 Å². The lowest BCUT2D eigenvalue weighted by Crippen LogP contribution is -2.43. The third-order valence-electron chi connectivity index (χ3n) is 3.78. The van der Waals surface area contributed by atoms with Gasteiger partial charge in [-0.3, -0.25) is 9.78 Å². The number of pyridine rings is 1. The summed E-state index contributed by atoms with van der Waals surface area (Å²) in [7, 11) is 0. The summed E-state index contributed by atoms with van der Waals surface area (Å²) < 4.78 is 6.16. The van der Waals surface area contributed by atoms with Crippen molar-refractivity contribution in [2.45, 2.75) is 39.2 Å². The van der Waals surface area contributed by atoms with E-state index < -0.39 is 5.60 Å². The zero-order valence-corrected chi connectivity index (χ0v) is 15.9. The molecule has 0 spiro atoms. The van der Waals surface area contributed by atoms with Crippen molar-refractivity contribution >= 4 is 27.9 Å². The van der Waals surface area contributed by atoms with Gasteiger partial charge in [0.15, 0.2) is 0 Å². The summed E-state index contributed by atoms with van der Waals surface area (Å²) in [6, 6.07) is 1.74. The molecule has 0 atom stereocenters. The first-order valence-electron chi connectivity index (χ1n) is 8.11. The van der Waals surface area contributed by atoms with E-state index in [1.165, 1.54) is 0 Å². The summed E-state index contributed by atoms with van der Waals surface area (Å²) in [5.74, 6) is 0.242. The van der Waals surface area contributed by atoms with Gasteiger partial charge in [0, 0.05) is 36.5 Å². The molecule has 0 radical (unpaired) electrons. The Morgan fingerprint density at radius 1 is 1.33 bits per heavy atom. The molecule has 24 heavy (non-hydrogen) atoms. The number of aromatic nitrogens is 1. The van der Waals surface area contributed by atoms with Crippen LogP contribution in [0.1, 0.15) is 44.0 Å². The van der Waals surface area contributed by atoms with E-state index in [9.17, 15) is 9.59 Å². The zero-order chi connectivity index (χ0) is 17.7. The molecule has 2 amide bonds. The van der Waals surface area contributed by atoms with E-state index in [4.69, 9.17) is 4.74 Å². The van der Waals surface area contributed by atoms with Crippen molar-refractivity contribution in [1.82, 2.24) is 15.2 Å². The summed E-state index contributed by atoms with van der Waals surface area (Å²) >= 11 is 3.31. The van der Waals surface area contributed by atoms with Crippen LogP contribution in [0.2, 0.25) is 0 Å². The maximum absolute atomic E-state index is 12.1. The molecular formula is C17H24BrN3O3. The summed E-state index contributed by atoms with van der Waals surface area (Å²) in [5, 5.41) is 2.94. The second-order valence-electron chi connectivity index (χ2n) is 7.01. The predicted octanol–water partition coefficient (Wildman–Crippen LogP) is 3.22. The molecule has 1 aromatic heterocycles. The number of nitrogens with zero attached hydrogens (tertiary/aromatic N) is 2. The number of halogens is 1. The minimum Gasteiger partial charge on any atom is -0.444 e. The molecule has 0 saturated carbocycles. The van der Waals surface area contributed by atoms with Gasteiger partial charge in [0.1, 0.15) is 5.60 Å². The van der Waals surface area contributed by atoms with Crippen LogP contribution in [0, 0.1) is 5.92 Å². The molecule has 6 nitrogen and oxygen atoms in total. The van der Waals surface area contributed by atoms with Gasteiger partial charge in [-0.05, 0) is 61.5 Å². The highest BCUT2D eigenvalue weighted by Gasteiger charge is 2.27. The molecule has 1 aliphatic heterocycles. The number of amides is 2. The molecule has 0 bridgehead atoms. The van der Waals surface area contributed by atoms with Gasteiger partial charge in [-0.15, -0.1) is 0 Å². The monoisotopic (exact) mass is 397 g/mol. The molecular weight excluding hydrogens is 374 g/mol. The number of carbonyl (C=O) groups is 2. The summed E-state index contributed by atoms with van der Waals surface area (Å²) in [6.45, 7) is 7.52. The molecule has 1 fully saturated rings. The minimum absolute atomic E-state index is 0.127. The zero-order valence-electron chi connectivity index (χ0n) is 14.3. The van der Waals surface area contributed by atoms with Gasteiger partial charge >= 0.3 is 6.09 Å². The molecule has 2 heterocycles. The molecule has 1 aromatic rings. The molecule has 1 aliphatic rings. The summed E-state index contributed by atoms with van der Waals surface area (Å²) in [5.41, 5.74) is 0.0652. The number of hydrogen-bond acceptors (Lipinski definition) is 4. The largest absolute Gasteiger partial charge is 0.444 e. The first kappa shape index (κ1) is 18.7. The van der Waals surface area contributed by atoms with Crippen molar-refractivity contribution in [2.75, 3.05) is 19.6 Å². The van der Waals surface area contributed by atoms with Crippen LogP contribution in [0.25, 0.3) is 0 Å².